The van der Waals surface area contributed by atoms with E-state index in [1.165, 1.54) is 0 Å². The first-order valence-electron chi connectivity index (χ1n) is 7.21. The molecule has 0 aliphatic carbocycles. The molecule has 0 spiro atoms. The number of nitrogens with two attached hydrogens (primary N) is 1. The average Bonchev–Trinajstić information content (AvgIpc) is 2.81. The van der Waals surface area contributed by atoms with E-state index in [4.69, 9.17) is 10.5 Å². The Hall–Kier alpha value is -1.78. The Kier molecular flexibility index (Phi) is 4.40. The van der Waals surface area contributed by atoms with E-state index in [-0.39, 0.29) is 12.0 Å². The number of rotatable bonds is 2. The number of anilines is 1. The first-order chi connectivity index (χ1) is 9.80. The summed E-state index contributed by atoms with van der Waals surface area (Å²) in [6.07, 6.45) is 0.199. The molecule has 1 aliphatic heterocycles. The van der Waals surface area contributed by atoms with Gasteiger partial charge < -0.3 is 15.4 Å². The van der Waals surface area contributed by atoms with E-state index in [1.54, 1.807) is 11.0 Å². The van der Waals surface area contributed by atoms with Gasteiger partial charge >= 0.3 is 6.09 Å². The lowest BCUT2D eigenvalue weighted by atomic mass is 10.0. The molecule has 1 heterocycles. The van der Waals surface area contributed by atoms with Gasteiger partial charge in [0.2, 0.25) is 0 Å². The van der Waals surface area contributed by atoms with E-state index in [0.717, 1.165) is 5.56 Å². The number of likely N-dealkylation sites (tertiary alicyclic amines) is 1. The molecule has 2 atom stereocenters. The number of nitrogens with zero attached hydrogens (tertiary/aromatic N) is 1. The summed E-state index contributed by atoms with van der Waals surface area (Å²) in [5, 5.41) is 0. The second-order valence-electron chi connectivity index (χ2n) is 6.57. The SMILES string of the molecule is CC(C)(C)OC(=O)N1CC(CF)CC1c1cccc(N)c1. The molecule has 1 amide bonds. The molecule has 5 heteroatoms. The van der Waals surface area contributed by atoms with Gasteiger partial charge in [0.05, 0.1) is 12.7 Å². The van der Waals surface area contributed by atoms with Crippen molar-refractivity contribution in [3.63, 3.8) is 0 Å². The molecule has 0 aromatic heterocycles. The number of ether oxygens (including phenoxy) is 1. The van der Waals surface area contributed by atoms with Gasteiger partial charge in [-0.15, -0.1) is 0 Å². The van der Waals surface area contributed by atoms with Crippen LogP contribution in [0.5, 0.6) is 0 Å². The van der Waals surface area contributed by atoms with Crippen molar-refractivity contribution in [2.75, 3.05) is 19.0 Å². The van der Waals surface area contributed by atoms with E-state index in [9.17, 15) is 9.18 Å². The lowest BCUT2D eigenvalue weighted by molar-refractivity contribution is 0.0218. The van der Waals surface area contributed by atoms with Crippen LogP contribution in [0.15, 0.2) is 24.3 Å². The van der Waals surface area contributed by atoms with Crippen molar-refractivity contribution < 1.29 is 13.9 Å². The Morgan fingerprint density at radius 2 is 2.19 bits per heavy atom. The zero-order valence-electron chi connectivity index (χ0n) is 12.8. The van der Waals surface area contributed by atoms with Crippen molar-refractivity contribution in [1.82, 2.24) is 4.90 Å². The van der Waals surface area contributed by atoms with E-state index in [0.29, 0.717) is 18.7 Å². The first-order valence-corrected chi connectivity index (χ1v) is 7.21. The molecular weight excluding hydrogens is 271 g/mol. The van der Waals surface area contributed by atoms with E-state index in [1.807, 2.05) is 39.0 Å². The molecule has 1 saturated heterocycles. The van der Waals surface area contributed by atoms with Crippen LogP contribution in [0.25, 0.3) is 0 Å². The molecule has 0 radical (unpaired) electrons. The Morgan fingerprint density at radius 3 is 2.76 bits per heavy atom. The lowest BCUT2D eigenvalue weighted by Crippen LogP contribution is -2.37. The van der Waals surface area contributed by atoms with Crippen molar-refractivity contribution >= 4 is 11.8 Å². The Bertz CT molecular complexity index is 513. The van der Waals surface area contributed by atoms with Crippen LogP contribution in [-0.4, -0.2) is 29.8 Å². The molecule has 0 bridgehead atoms. The molecule has 1 aliphatic rings. The van der Waals surface area contributed by atoms with Gasteiger partial charge in [-0.25, -0.2) is 4.79 Å². The van der Waals surface area contributed by atoms with Gasteiger partial charge in [0.15, 0.2) is 0 Å². The van der Waals surface area contributed by atoms with Crippen LogP contribution in [0.1, 0.15) is 38.8 Å². The standard InChI is InChI=1S/C16H23FN2O2/c1-16(2,3)21-15(20)19-10-11(9-17)7-14(19)12-5-4-6-13(18)8-12/h4-6,8,11,14H,7,9-10,18H2,1-3H3. The van der Waals surface area contributed by atoms with E-state index < -0.39 is 18.4 Å². The highest BCUT2D eigenvalue weighted by molar-refractivity contribution is 5.69. The van der Waals surface area contributed by atoms with Crippen molar-refractivity contribution in [2.24, 2.45) is 5.92 Å². The lowest BCUT2D eigenvalue weighted by Gasteiger charge is -2.29. The van der Waals surface area contributed by atoms with Crippen LogP contribution in [-0.2, 0) is 4.74 Å². The van der Waals surface area contributed by atoms with Gasteiger partial charge in [-0.3, -0.25) is 4.39 Å². The van der Waals surface area contributed by atoms with Crippen LogP contribution in [0, 0.1) is 5.92 Å². The minimum atomic E-state index is -0.564. The number of nitrogen functional groups attached to an aromatic ring is 1. The van der Waals surface area contributed by atoms with Crippen LogP contribution >= 0.6 is 0 Å². The van der Waals surface area contributed by atoms with Crippen molar-refractivity contribution in [3.8, 4) is 0 Å². The van der Waals surface area contributed by atoms with Gasteiger partial charge in [-0.05, 0) is 44.9 Å². The summed E-state index contributed by atoms with van der Waals surface area (Å²) < 4.78 is 18.5. The van der Waals surface area contributed by atoms with Gasteiger partial charge in [-0.1, -0.05) is 12.1 Å². The van der Waals surface area contributed by atoms with Gasteiger partial charge in [0.1, 0.15) is 5.60 Å². The number of carbonyl (C=O) groups is 1. The monoisotopic (exact) mass is 294 g/mol. The number of halogens is 1. The number of carbonyl (C=O) groups excluding carboxylic acids is 1. The fourth-order valence-electron chi connectivity index (χ4n) is 2.64. The number of benzene rings is 1. The summed E-state index contributed by atoms with van der Waals surface area (Å²) in [4.78, 5) is 14.0. The van der Waals surface area contributed by atoms with Gasteiger partial charge in [-0.2, -0.15) is 0 Å². The minimum Gasteiger partial charge on any atom is -0.444 e. The van der Waals surface area contributed by atoms with Gasteiger partial charge in [0.25, 0.3) is 0 Å². The maximum atomic E-state index is 13.0. The molecule has 2 rings (SSSR count). The first kappa shape index (κ1) is 15.6. The summed E-state index contributed by atoms with van der Waals surface area (Å²) in [5.41, 5.74) is 6.81. The second-order valence-corrected chi connectivity index (χ2v) is 6.57. The smallest absolute Gasteiger partial charge is 0.410 e. The summed E-state index contributed by atoms with van der Waals surface area (Å²) in [6.45, 7) is 5.42. The second kappa shape index (κ2) is 5.92. The topological polar surface area (TPSA) is 55.6 Å². The van der Waals surface area contributed by atoms with E-state index >= 15 is 0 Å². The number of hydrogen-bond donors (Lipinski definition) is 1. The number of hydrogen-bond acceptors (Lipinski definition) is 3. The number of alkyl halides is 1. The molecule has 21 heavy (non-hydrogen) atoms. The molecule has 0 saturated carbocycles. The van der Waals surface area contributed by atoms with Crippen molar-refractivity contribution in [1.29, 1.82) is 0 Å². The predicted molar refractivity (Wildman–Crippen MR) is 80.6 cm³/mol. The Labute approximate surface area is 125 Å². The predicted octanol–water partition coefficient (Wildman–Crippen LogP) is 3.54. The quantitative estimate of drug-likeness (QED) is 0.849. The molecule has 116 valence electrons. The Balaban J connectivity index is 2.22. The van der Waals surface area contributed by atoms with Crippen molar-refractivity contribution in [2.45, 2.75) is 38.8 Å². The van der Waals surface area contributed by atoms with Gasteiger partial charge in [0, 0.05) is 18.2 Å². The van der Waals surface area contributed by atoms with E-state index in [2.05, 4.69) is 0 Å². The summed E-state index contributed by atoms with van der Waals surface area (Å²) in [6, 6.07) is 7.22. The molecule has 2 N–H and O–H groups in total. The van der Waals surface area contributed by atoms with Crippen LogP contribution in [0.3, 0.4) is 0 Å². The molecule has 2 unspecified atom stereocenters. The fourth-order valence-corrected chi connectivity index (χ4v) is 2.64. The maximum Gasteiger partial charge on any atom is 0.410 e. The summed E-state index contributed by atoms with van der Waals surface area (Å²) in [5.74, 6) is -0.149. The van der Waals surface area contributed by atoms with Crippen LogP contribution in [0.2, 0.25) is 0 Å². The number of amides is 1. The highest BCUT2D eigenvalue weighted by Gasteiger charge is 2.38. The van der Waals surface area contributed by atoms with Crippen molar-refractivity contribution in [3.05, 3.63) is 29.8 Å². The third-order valence-corrected chi connectivity index (χ3v) is 3.53. The normalized spacial score (nSPS) is 22.4. The highest BCUT2D eigenvalue weighted by Crippen LogP contribution is 2.37. The third-order valence-electron chi connectivity index (χ3n) is 3.53. The Morgan fingerprint density at radius 1 is 1.48 bits per heavy atom. The zero-order chi connectivity index (χ0) is 15.6. The molecule has 1 fully saturated rings. The maximum absolute atomic E-state index is 13.0. The largest absolute Gasteiger partial charge is 0.444 e. The molecule has 4 nitrogen and oxygen atoms in total. The molecule has 1 aromatic carbocycles. The average molecular weight is 294 g/mol. The van der Waals surface area contributed by atoms with Crippen LogP contribution in [0.4, 0.5) is 14.9 Å². The zero-order valence-corrected chi connectivity index (χ0v) is 12.8. The highest BCUT2D eigenvalue weighted by atomic mass is 19.1. The van der Waals surface area contributed by atoms with Crippen LogP contribution < -0.4 is 5.73 Å². The minimum absolute atomic E-state index is 0.149. The third kappa shape index (κ3) is 3.86. The summed E-state index contributed by atoms with van der Waals surface area (Å²) >= 11 is 0. The fraction of sp³-hybridized carbons (Fsp3) is 0.562. The molecular formula is C16H23FN2O2. The summed E-state index contributed by atoms with van der Waals surface area (Å²) in [7, 11) is 0. The molecule has 1 aromatic rings.